The quantitative estimate of drug-likeness (QED) is 0.360. The van der Waals surface area contributed by atoms with Crippen molar-refractivity contribution in [3.63, 3.8) is 0 Å². The standard InChI is InChI=1S/C22H16ClNO4S/c23-15-7-3-14(4-8-15)20(26)18-19(13-5-9-16(25)10-6-13)24(22(28)21(18)27)12-17-2-1-11-29-17/h1-11,19,25-26H,12H2/b20-18+. The normalized spacial score (nSPS) is 18.4. The Hall–Kier alpha value is -3.09. The highest BCUT2D eigenvalue weighted by Gasteiger charge is 2.46. The van der Waals surface area contributed by atoms with E-state index in [0.29, 0.717) is 16.1 Å². The molecule has 1 aromatic heterocycles. The van der Waals surface area contributed by atoms with Crippen molar-refractivity contribution in [2.24, 2.45) is 0 Å². The molecule has 146 valence electrons. The van der Waals surface area contributed by atoms with E-state index in [-0.39, 0.29) is 23.6 Å². The van der Waals surface area contributed by atoms with Gasteiger partial charge in [-0.3, -0.25) is 9.59 Å². The molecule has 29 heavy (non-hydrogen) atoms. The number of halogens is 1. The summed E-state index contributed by atoms with van der Waals surface area (Å²) in [6.07, 6.45) is 0. The highest BCUT2D eigenvalue weighted by molar-refractivity contribution is 7.09. The summed E-state index contributed by atoms with van der Waals surface area (Å²) in [7, 11) is 0. The van der Waals surface area contributed by atoms with Crippen LogP contribution in [-0.4, -0.2) is 26.8 Å². The van der Waals surface area contributed by atoms with Crippen LogP contribution in [0.15, 0.2) is 71.6 Å². The first-order chi connectivity index (χ1) is 14.0. The van der Waals surface area contributed by atoms with E-state index in [9.17, 15) is 19.8 Å². The molecule has 0 saturated carbocycles. The van der Waals surface area contributed by atoms with Crippen molar-refractivity contribution >= 4 is 40.4 Å². The number of carbonyl (C=O) groups excluding carboxylic acids is 2. The predicted octanol–water partition coefficient (Wildman–Crippen LogP) is 4.73. The van der Waals surface area contributed by atoms with Crippen LogP contribution in [0.5, 0.6) is 5.75 Å². The van der Waals surface area contributed by atoms with Gasteiger partial charge in [-0.1, -0.05) is 29.8 Å². The van der Waals surface area contributed by atoms with E-state index < -0.39 is 17.7 Å². The number of aliphatic hydroxyl groups is 1. The summed E-state index contributed by atoms with van der Waals surface area (Å²) < 4.78 is 0. The average Bonchev–Trinajstić information content (AvgIpc) is 3.31. The zero-order valence-electron chi connectivity index (χ0n) is 15.1. The largest absolute Gasteiger partial charge is 0.508 e. The highest BCUT2D eigenvalue weighted by Crippen LogP contribution is 2.41. The van der Waals surface area contributed by atoms with Gasteiger partial charge >= 0.3 is 0 Å². The number of Topliss-reactive ketones (excluding diaryl/α,β-unsaturated/α-hetero) is 1. The number of aromatic hydroxyl groups is 1. The van der Waals surface area contributed by atoms with Crippen molar-refractivity contribution in [2.75, 3.05) is 0 Å². The van der Waals surface area contributed by atoms with Gasteiger partial charge in [0, 0.05) is 15.5 Å². The number of rotatable bonds is 4. The van der Waals surface area contributed by atoms with Gasteiger partial charge in [0.15, 0.2) is 0 Å². The maximum absolute atomic E-state index is 12.9. The number of aliphatic hydroxyl groups excluding tert-OH is 1. The molecule has 0 radical (unpaired) electrons. The number of likely N-dealkylation sites (tertiary alicyclic amines) is 1. The van der Waals surface area contributed by atoms with Crippen molar-refractivity contribution in [2.45, 2.75) is 12.6 Å². The second-order valence-electron chi connectivity index (χ2n) is 6.60. The third-order valence-corrected chi connectivity index (χ3v) is 5.89. The smallest absolute Gasteiger partial charge is 0.295 e. The van der Waals surface area contributed by atoms with Crippen molar-refractivity contribution in [3.8, 4) is 5.75 Å². The summed E-state index contributed by atoms with van der Waals surface area (Å²) in [6.45, 7) is 0.241. The molecule has 1 aliphatic rings. The van der Waals surface area contributed by atoms with Gasteiger partial charge in [0.25, 0.3) is 11.7 Å². The number of hydrogen-bond donors (Lipinski definition) is 2. The maximum Gasteiger partial charge on any atom is 0.295 e. The molecule has 0 aliphatic carbocycles. The Morgan fingerprint density at radius 1 is 1.03 bits per heavy atom. The second kappa shape index (κ2) is 7.73. The van der Waals surface area contributed by atoms with Gasteiger partial charge in [0.1, 0.15) is 11.5 Å². The Balaban J connectivity index is 1.86. The molecule has 0 bridgehead atoms. The number of hydrogen-bond acceptors (Lipinski definition) is 5. The van der Waals surface area contributed by atoms with Crippen LogP contribution in [0.1, 0.15) is 22.0 Å². The average molecular weight is 426 g/mol. The fourth-order valence-corrected chi connectivity index (χ4v) is 4.21. The minimum atomic E-state index is -0.770. The molecule has 2 aromatic carbocycles. The fourth-order valence-electron chi connectivity index (χ4n) is 3.38. The van der Waals surface area contributed by atoms with Crippen LogP contribution in [0.25, 0.3) is 5.76 Å². The minimum absolute atomic E-state index is 0.0135. The Labute approximate surface area is 176 Å². The Bertz CT molecular complexity index is 1090. The van der Waals surface area contributed by atoms with E-state index in [0.717, 1.165) is 4.88 Å². The van der Waals surface area contributed by atoms with Crippen LogP contribution in [0.2, 0.25) is 5.02 Å². The van der Waals surface area contributed by atoms with Gasteiger partial charge in [-0.2, -0.15) is 0 Å². The maximum atomic E-state index is 12.9. The monoisotopic (exact) mass is 425 g/mol. The van der Waals surface area contributed by atoms with Crippen LogP contribution in [0.4, 0.5) is 0 Å². The van der Waals surface area contributed by atoms with E-state index in [1.54, 1.807) is 36.4 Å². The predicted molar refractivity (Wildman–Crippen MR) is 112 cm³/mol. The first kappa shape index (κ1) is 19.2. The lowest BCUT2D eigenvalue weighted by Gasteiger charge is -2.25. The molecule has 2 N–H and O–H groups in total. The molecular weight excluding hydrogens is 410 g/mol. The molecule has 1 aliphatic heterocycles. The summed E-state index contributed by atoms with van der Waals surface area (Å²) in [5.74, 6) is -1.60. The fraction of sp³-hybridized carbons (Fsp3) is 0.0909. The number of benzene rings is 2. The van der Waals surface area contributed by atoms with Crippen LogP contribution >= 0.6 is 22.9 Å². The van der Waals surface area contributed by atoms with E-state index >= 15 is 0 Å². The molecule has 2 heterocycles. The van der Waals surface area contributed by atoms with Crippen molar-refractivity contribution < 1.29 is 19.8 Å². The van der Waals surface area contributed by atoms with E-state index in [2.05, 4.69) is 0 Å². The zero-order valence-corrected chi connectivity index (χ0v) is 16.7. The van der Waals surface area contributed by atoms with E-state index in [4.69, 9.17) is 11.6 Å². The topological polar surface area (TPSA) is 77.8 Å². The molecule has 1 amide bonds. The van der Waals surface area contributed by atoms with E-state index in [1.165, 1.54) is 28.4 Å². The minimum Gasteiger partial charge on any atom is -0.508 e. The third kappa shape index (κ3) is 3.64. The summed E-state index contributed by atoms with van der Waals surface area (Å²) >= 11 is 7.40. The summed E-state index contributed by atoms with van der Waals surface area (Å²) in [5, 5.41) is 22.9. The van der Waals surface area contributed by atoms with Crippen molar-refractivity contribution in [1.29, 1.82) is 0 Å². The molecule has 1 fully saturated rings. The number of ketones is 1. The van der Waals surface area contributed by atoms with Crippen LogP contribution in [0.3, 0.4) is 0 Å². The molecule has 1 unspecified atom stereocenters. The Morgan fingerprint density at radius 2 is 1.72 bits per heavy atom. The lowest BCUT2D eigenvalue weighted by atomic mass is 9.95. The second-order valence-corrected chi connectivity index (χ2v) is 8.07. The molecule has 1 atom stereocenters. The third-order valence-electron chi connectivity index (χ3n) is 4.77. The molecule has 7 heteroatoms. The number of nitrogens with zero attached hydrogens (tertiary/aromatic N) is 1. The zero-order chi connectivity index (χ0) is 20.5. The molecule has 3 aromatic rings. The lowest BCUT2D eigenvalue weighted by Crippen LogP contribution is -2.28. The highest BCUT2D eigenvalue weighted by atomic mass is 35.5. The van der Waals surface area contributed by atoms with Gasteiger partial charge in [0.05, 0.1) is 18.2 Å². The van der Waals surface area contributed by atoms with Crippen molar-refractivity contribution in [3.05, 3.63) is 92.6 Å². The summed E-state index contributed by atoms with van der Waals surface area (Å²) in [5.41, 5.74) is 1.03. The van der Waals surface area contributed by atoms with E-state index in [1.807, 2.05) is 17.5 Å². The number of thiophene rings is 1. The first-order valence-corrected chi connectivity index (χ1v) is 10.1. The Morgan fingerprint density at radius 3 is 2.34 bits per heavy atom. The van der Waals surface area contributed by atoms with Crippen LogP contribution in [0, 0.1) is 0 Å². The number of amides is 1. The lowest BCUT2D eigenvalue weighted by molar-refractivity contribution is -0.140. The van der Waals surface area contributed by atoms with Gasteiger partial charge in [-0.25, -0.2) is 0 Å². The van der Waals surface area contributed by atoms with Gasteiger partial charge in [-0.15, -0.1) is 11.3 Å². The number of phenolic OH excluding ortho intramolecular Hbond substituents is 1. The molecule has 0 spiro atoms. The summed E-state index contributed by atoms with van der Waals surface area (Å²) in [6, 6.07) is 15.7. The number of carbonyl (C=O) groups is 2. The van der Waals surface area contributed by atoms with Gasteiger partial charge < -0.3 is 15.1 Å². The van der Waals surface area contributed by atoms with Crippen molar-refractivity contribution in [1.82, 2.24) is 4.90 Å². The van der Waals surface area contributed by atoms with Gasteiger partial charge in [0.2, 0.25) is 0 Å². The summed E-state index contributed by atoms with van der Waals surface area (Å²) in [4.78, 5) is 28.1. The molecule has 1 saturated heterocycles. The molecule has 4 rings (SSSR count). The van der Waals surface area contributed by atoms with Crippen LogP contribution in [-0.2, 0) is 16.1 Å². The first-order valence-electron chi connectivity index (χ1n) is 8.81. The molecular formula is C22H16ClNO4S. The molecule has 5 nitrogen and oxygen atoms in total. The Kier molecular flexibility index (Phi) is 5.13. The number of phenols is 1. The van der Waals surface area contributed by atoms with Gasteiger partial charge in [-0.05, 0) is 53.4 Å². The SMILES string of the molecule is O=C1C(=O)N(Cc2cccs2)C(c2ccc(O)cc2)/C1=C(\O)c1ccc(Cl)cc1. The van der Waals surface area contributed by atoms with Crippen LogP contribution < -0.4 is 0 Å².